The highest BCUT2D eigenvalue weighted by molar-refractivity contribution is 5.84. The number of hydrogen-bond donors (Lipinski definition) is 0. The molecule has 1 aromatic carbocycles. The highest BCUT2D eigenvalue weighted by Crippen LogP contribution is 2.32. The second-order valence-electron chi connectivity index (χ2n) is 6.81. The van der Waals surface area contributed by atoms with Crippen LogP contribution < -0.4 is 4.74 Å². The Hall–Kier alpha value is -3.23. The van der Waals surface area contributed by atoms with Gasteiger partial charge in [0.25, 0.3) is 0 Å². The summed E-state index contributed by atoms with van der Waals surface area (Å²) in [4.78, 5) is 26.5. The SMILES string of the molecule is CCCOC(=O)[C@@H]1C[C@H](OC(C)=O)C[C@H](Oc2cccc3oc(CN=[N+]=[N-])cc23)O1. The largest absolute Gasteiger partial charge is 0.464 e. The summed E-state index contributed by atoms with van der Waals surface area (Å²) in [6.45, 7) is 3.56. The zero-order chi connectivity index (χ0) is 21.5. The Bertz CT molecular complexity index is 951. The maximum atomic E-state index is 12.3. The molecule has 0 spiro atoms. The van der Waals surface area contributed by atoms with Crippen molar-refractivity contribution in [1.29, 1.82) is 0 Å². The quantitative estimate of drug-likeness (QED) is 0.274. The maximum absolute atomic E-state index is 12.3. The number of ether oxygens (including phenoxy) is 4. The molecule has 160 valence electrons. The molecule has 0 aliphatic carbocycles. The van der Waals surface area contributed by atoms with E-state index in [0.717, 1.165) is 0 Å². The average Bonchev–Trinajstić information content (AvgIpc) is 3.14. The molecule has 1 aromatic heterocycles. The molecule has 0 radical (unpaired) electrons. The van der Waals surface area contributed by atoms with E-state index in [9.17, 15) is 9.59 Å². The van der Waals surface area contributed by atoms with E-state index >= 15 is 0 Å². The number of furan rings is 1. The summed E-state index contributed by atoms with van der Waals surface area (Å²) in [5.41, 5.74) is 9.04. The van der Waals surface area contributed by atoms with Crippen molar-refractivity contribution < 1.29 is 33.0 Å². The van der Waals surface area contributed by atoms with Crippen molar-refractivity contribution in [2.75, 3.05) is 6.61 Å². The van der Waals surface area contributed by atoms with Crippen LogP contribution in [0.4, 0.5) is 0 Å². The van der Waals surface area contributed by atoms with Crippen molar-refractivity contribution in [1.82, 2.24) is 0 Å². The zero-order valence-corrected chi connectivity index (χ0v) is 16.8. The number of rotatable bonds is 8. The number of carbonyl (C=O) groups is 2. The molecule has 0 unspecified atom stereocenters. The molecule has 1 aliphatic rings. The average molecular weight is 417 g/mol. The van der Waals surface area contributed by atoms with Crippen LogP contribution in [0.3, 0.4) is 0 Å². The summed E-state index contributed by atoms with van der Waals surface area (Å²) in [5.74, 6) is 0.00114. The highest BCUT2D eigenvalue weighted by atomic mass is 16.7. The van der Waals surface area contributed by atoms with Crippen molar-refractivity contribution >= 4 is 22.9 Å². The van der Waals surface area contributed by atoms with Crippen LogP contribution >= 0.6 is 0 Å². The molecule has 0 saturated carbocycles. The first kappa shape index (κ1) is 21.5. The van der Waals surface area contributed by atoms with Crippen molar-refractivity contribution in [3.8, 4) is 5.75 Å². The fraction of sp³-hybridized carbons (Fsp3) is 0.500. The minimum atomic E-state index is -0.899. The lowest BCUT2D eigenvalue weighted by Crippen LogP contribution is -2.44. The monoisotopic (exact) mass is 417 g/mol. The van der Waals surface area contributed by atoms with Crippen LogP contribution in [0.5, 0.6) is 5.75 Å². The van der Waals surface area contributed by atoms with Crippen molar-refractivity contribution in [2.45, 2.75) is 58.2 Å². The molecule has 1 fully saturated rings. The van der Waals surface area contributed by atoms with Crippen LogP contribution in [0.25, 0.3) is 21.4 Å². The third-order valence-electron chi connectivity index (χ3n) is 4.41. The molecule has 2 heterocycles. The van der Waals surface area contributed by atoms with E-state index in [1.165, 1.54) is 6.92 Å². The first-order valence-electron chi connectivity index (χ1n) is 9.68. The third kappa shape index (κ3) is 5.43. The molecule has 10 nitrogen and oxygen atoms in total. The van der Waals surface area contributed by atoms with Gasteiger partial charge in [-0.25, -0.2) is 4.79 Å². The molecule has 3 atom stereocenters. The highest BCUT2D eigenvalue weighted by Gasteiger charge is 2.37. The maximum Gasteiger partial charge on any atom is 0.335 e. The van der Waals surface area contributed by atoms with Gasteiger partial charge in [0.2, 0.25) is 6.29 Å². The Labute approximate surface area is 172 Å². The molecule has 30 heavy (non-hydrogen) atoms. The number of fused-ring (bicyclic) bond motifs is 1. The molecule has 0 amide bonds. The van der Waals surface area contributed by atoms with Crippen LogP contribution in [0.15, 0.2) is 33.8 Å². The Kier molecular flexibility index (Phi) is 7.16. The Morgan fingerprint density at radius 1 is 1.33 bits per heavy atom. The van der Waals surface area contributed by atoms with Crippen LogP contribution in [-0.4, -0.2) is 37.0 Å². The third-order valence-corrected chi connectivity index (χ3v) is 4.41. The van der Waals surface area contributed by atoms with E-state index in [1.807, 2.05) is 6.92 Å². The topological polar surface area (TPSA) is 133 Å². The van der Waals surface area contributed by atoms with Crippen LogP contribution in [0.1, 0.15) is 38.9 Å². The summed E-state index contributed by atoms with van der Waals surface area (Å²) in [7, 11) is 0. The van der Waals surface area contributed by atoms with Crippen molar-refractivity contribution in [3.63, 3.8) is 0 Å². The van der Waals surface area contributed by atoms with Gasteiger partial charge in [-0.15, -0.1) is 0 Å². The summed E-state index contributed by atoms with van der Waals surface area (Å²) in [6, 6.07) is 6.96. The van der Waals surface area contributed by atoms with Gasteiger partial charge in [0.1, 0.15) is 23.2 Å². The summed E-state index contributed by atoms with van der Waals surface area (Å²) < 4.78 is 27.9. The van der Waals surface area contributed by atoms with E-state index in [4.69, 9.17) is 28.9 Å². The van der Waals surface area contributed by atoms with Gasteiger partial charge in [-0.05, 0) is 30.2 Å². The molecular weight excluding hydrogens is 394 g/mol. The number of azide groups is 1. The first-order valence-corrected chi connectivity index (χ1v) is 9.68. The minimum Gasteiger partial charge on any atom is -0.464 e. The van der Waals surface area contributed by atoms with Crippen LogP contribution in [-0.2, 0) is 30.3 Å². The fourth-order valence-electron chi connectivity index (χ4n) is 3.21. The van der Waals surface area contributed by atoms with Gasteiger partial charge < -0.3 is 23.4 Å². The van der Waals surface area contributed by atoms with E-state index in [2.05, 4.69) is 10.0 Å². The van der Waals surface area contributed by atoms with Crippen LogP contribution in [0.2, 0.25) is 0 Å². The van der Waals surface area contributed by atoms with Gasteiger partial charge in [0.15, 0.2) is 6.10 Å². The molecule has 2 aromatic rings. The van der Waals surface area contributed by atoms with Crippen molar-refractivity contribution in [3.05, 3.63) is 40.5 Å². The van der Waals surface area contributed by atoms with Gasteiger partial charge in [-0.3, -0.25) is 4.79 Å². The molecule has 3 rings (SSSR count). The molecule has 1 aliphatic heterocycles. The number of carbonyl (C=O) groups excluding carboxylic acids is 2. The van der Waals surface area contributed by atoms with E-state index < -0.39 is 30.4 Å². The number of benzene rings is 1. The fourth-order valence-corrected chi connectivity index (χ4v) is 3.21. The Morgan fingerprint density at radius 2 is 2.17 bits per heavy atom. The van der Waals surface area contributed by atoms with E-state index in [0.29, 0.717) is 28.9 Å². The Morgan fingerprint density at radius 3 is 2.90 bits per heavy atom. The van der Waals surface area contributed by atoms with Crippen LogP contribution in [0, 0.1) is 0 Å². The lowest BCUT2D eigenvalue weighted by Gasteiger charge is -2.33. The second-order valence-corrected chi connectivity index (χ2v) is 6.81. The predicted molar refractivity (Wildman–Crippen MR) is 104 cm³/mol. The second kappa shape index (κ2) is 10.00. The van der Waals surface area contributed by atoms with Gasteiger partial charge in [0.05, 0.1) is 18.5 Å². The number of esters is 2. The number of hydrogen-bond acceptors (Lipinski definition) is 8. The molecule has 1 saturated heterocycles. The molecule has 0 bridgehead atoms. The molecule has 10 heteroatoms. The summed E-state index contributed by atoms with van der Waals surface area (Å²) in [5, 5.41) is 4.17. The van der Waals surface area contributed by atoms with Gasteiger partial charge in [-0.2, -0.15) is 0 Å². The number of nitrogens with zero attached hydrogens (tertiary/aromatic N) is 3. The molecular formula is C20H23N3O7. The minimum absolute atomic E-state index is 0.0738. The van der Waals surface area contributed by atoms with Crippen molar-refractivity contribution in [2.24, 2.45) is 5.11 Å². The first-order chi connectivity index (χ1) is 14.5. The lowest BCUT2D eigenvalue weighted by molar-refractivity contribution is -0.205. The standard InChI is InChI=1S/C20H23N3O7/c1-3-7-26-20(25)18-9-13(27-12(2)24)10-19(30-18)29-17-6-4-5-16-15(17)8-14(28-16)11-22-23-21/h4-6,8,13,18-19H,3,7,9-11H2,1-2H3/t13-,18-,19+/m0/s1. The van der Waals surface area contributed by atoms with Gasteiger partial charge >= 0.3 is 11.9 Å². The molecule has 0 N–H and O–H groups in total. The lowest BCUT2D eigenvalue weighted by atomic mass is 10.0. The predicted octanol–water partition coefficient (Wildman–Crippen LogP) is 4.01. The Balaban J connectivity index is 1.79. The van der Waals surface area contributed by atoms with E-state index in [-0.39, 0.29) is 26.0 Å². The smallest absolute Gasteiger partial charge is 0.335 e. The summed E-state index contributed by atoms with van der Waals surface area (Å²) >= 11 is 0. The normalized spacial score (nSPS) is 20.9. The summed E-state index contributed by atoms with van der Waals surface area (Å²) in [6.07, 6.45) is -1.12. The van der Waals surface area contributed by atoms with Gasteiger partial charge in [-0.1, -0.05) is 18.1 Å². The van der Waals surface area contributed by atoms with Gasteiger partial charge in [0, 0.05) is 24.7 Å². The van der Waals surface area contributed by atoms with E-state index in [1.54, 1.807) is 24.3 Å². The zero-order valence-electron chi connectivity index (χ0n) is 16.8.